The molecule has 0 bridgehead atoms. The second-order valence-corrected chi connectivity index (χ2v) is 7.48. The lowest BCUT2D eigenvalue weighted by molar-refractivity contribution is -0.126. The molecule has 2 rings (SSSR count). The molecule has 6 nitrogen and oxygen atoms in total. The zero-order valence-electron chi connectivity index (χ0n) is 12.7. The van der Waals surface area contributed by atoms with E-state index in [1.807, 2.05) is 0 Å². The molecular weight excluding hydrogens is 350 g/mol. The Morgan fingerprint density at radius 1 is 1.33 bits per heavy atom. The van der Waals surface area contributed by atoms with Crippen molar-refractivity contribution in [1.82, 2.24) is 0 Å². The summed E-state index contributed by atoms with van der Waals surface area (Å²) in [5.41, 5.74) is 3.73. The van der Waals surface area contributed by atoms with Gasteiger partial charge in [-0.05, 0) is 24.1 Å². The summed E-state index contributed by atoms with van der Waals surface area (Å²) in [5.74, 6) is -2.35. The van der Waals surface area contributed by atoms with Crippen LogP contribution in [0.5, 0.6) is 0 Å². The van der Waals surface area contributed by atoms with Gasteiger partial charge >= 0.3 is 0 Å². The monoisotopic (exact) mass is 361 g/mol. The quantitative estimate of drug-likeness (QED) is 0.592. The molecule has 1 aliphatic rings. The molecule has 0 spiro atoms. The lowest BCUT2D eigenvalue weighted by Gasteiger charge is -2.25. The molecule has 0 fully saturated rings. The van der Waals surface area contributed by atoms with Crippen LogP contribution in [0.1, 0.15) is 18.9 Å². The third-order valence-electron chi connectivity index (χ3n) is 3.52. The van der Waals surface area contributed by atoms with E-state index >= 15 is 0 Å². The van der Waals surface area contributed by atoms with Crippen LogP contribution in [0.4, 0.5) is 0 Å². The predicted octanol–water partition coefficient (Wildman–Crippen LogP) is 0.136. The van der Waals surface area contributed by atoms with Gasteiger partial charge in [-0.25, -0.2) is 0 Å². The first kappa shape index (κ1) is 18.8. The molecule has 1 aromatic carbocycles. The number of ether oxygens (including phenoxy) is 1. The molecule has 2 N–H and O–H groups in total. The van der Waals surface area contributed by atoms with Gasteiger partial charge in [0.15, 0.2) is 5.50 Å². The van der Waals surface area contributed by atoms with Crippen molar-refractivity contribution in [3.63, 3.8) is 0 Å². The van der Waals surface area contributed by atoms with Gasteiger partial charge in [-0.2, -0.15) is 8.42 Å². The lowest BCUT2D eigenvalue weighted by Crippen LogP contribution is -2.42. The van der Waals surface area contributed by atoms with Crippen molar-refractivity contribution in [3.8, 4) is 0 Å². The molecule has 24 heavy (non-hydrogen) atoms. The molecule has 1 aromatic rings. The molecule has 1 atom stereocenters. The Morgan fingerprint density at radius 2 is 1.88 bits per heavy atom. The van der Waals surface area contributed by atoms with Gasteiger partial charge in [0.25, 0.3) is 10.1 Å². The second-order valence-electron chi connectivity index (χ2n) is 5.21. The number of nitrogens with two attached hydrogens (primary N) is 1. The third-order valence-corrected chi connectivity index (χ3v) is 5.38. The highest BCUT2D eigenvalue weighted by Crippen LogP contribution is 2.37. The topological polar surface area (TPSA) is 95.7 Å². The minimum atomic E-state index is -4.56. The molecule has 0 unspecified atom stereocenters. The van der Waals surface area contributed by atoms with E-state index in [0.29, 0.717) is 5.02 Å². The maximum atomic E-state index is 12.5. The molecule has 1 heterocycles. The van der Waals surface area contributed by atoms with Gasteiger partial charge in [0.05, 0.1) is 15.7 Å². The summed E-state index contributed by atoms with van der Waals surface area (Å²) in [4.78, 5) is 12.5. The lowest BCUT2D eigenvalue weighted by atomic mass is 9.68. The number of rotatable bonds is 5. The van der Waals surface area contributed by atoms with Crippen LogP contribution < -0.4 is 5.73 Å². The van der Waals surface area contributed by atoms with Crippen LogP contribution in [0.15, 0.2) is 35.9 Å². The van der Waals surface area contributed by atoms with Gasteiger partial charge in [-0.3, -0.25) is 4.79 Å². The SMILES string of the molecule is [B]C([B])(CC)S(=O)(=O)OC1=C(N)O[C@@]([B])(c2ccc(Cl)cc2)C1=O. The second kappa shape index (κ2) is 6.08. The molecule has 0 aromatic heterocycles. The van der Waals surface area contributed by atoms with Crippen LogP contribution in [0.2, 0.25) is 5.02 Å². The number of ketones is 1. The first-order valence-electron chi connectivity index (χ1n) is 6.75. The van der Waals surface area contributed by atoms with Gasteiger partial charge in [-0.15, -0.1) is 0 Å². The summed E-state index contributed by atoms with van der Waals surface area (Å²) < 4.78 is 31.9. The Labute approximate surface area is 149 Å². The van der Waals surface area contributed by atoms with E-state index in [9.17, 15) is 13.2 Å². The van der Waals surface area contributed by atoms with Crippen molar-refractivity contribution >= 4 is 51.0 Å². The molecule has 0 amide bonds. The molecule has 11 heteroatoms. The van der Waals surface area contributed by atoms with Crippen LogP contribution in [0.25, 0.3) is 0 Å². The fraction of sp³-hybridized carbons (Fsp3) is 0.308. The normalized spacial score (nSPS) is 21.7. The Kier molecular flexibility index (Phi) is 4.76. The van der Waals surface area contributed by atoms with Gasteiger partial charge in [-0.1, -0.05) is 30.7 Å². The third kappa shape index (κ3) is 3.04. The Morgan fingerprint density at radius 3 is 2.38 bits per heavy atom. The number of hydrogen-bond acceptors (Lipinski definition) is 6. The highest BCUT2D eigenvalue weighted by atomic mass is 35.5. The average Bonchev–Trinajstić information content (AvgIpc) is 2.72. The fourth-order valence-corrected chi connectivity index (χ4v) is 2.89. The molecule has 0 saturated carbocycles. The highest BCUT2D eigenvalue weighted by molar-refractivity contribution is 7.91. The number of hydrogen-bond donors (Lipinski definition) is 1. The summed E-state index contributed by atoms with van der Waals surface area (Å²) in [6, 6.07) is 5.84. The summed E-state index contributed by atoms with van der Waals surface area (Å²) in [5, 5.41) is 0.409. The Hall–Kier alpha value is -1.54. The maximum Gasteiger partial charge on any atom is 0.298 e. The van der Waals surface area contributed by atoms with Gasteiger partial charge in [0, 0.05) is 9.57 Å². The molecule has 6 radical (unpaired) electrons. The van der Waals surface area contributed by atoms with E-state index in [1.165, 1.54) is 31.2 Å². The summed E-state index contributed by atoms with van der Waals surface area (Å²) in [6.07, 6.45) is -0.164. The zero-order valence-corrected chi connectivity index (χ0v) is 14.2. The fourth-order valence-electron chi connectivity index (χ4n) is 1.88. The number of Topliss-reactive ketones (excluding diaryl/α,β-unsaturated/α-hetero) is 1. The van der Waals surface area contributed by atoms with Crippen molar-refractivity contribution in [2.75, 3.05) is 0 Å². The van der Waals surface area contributed by atoms with Crippen LogP contribution in [-0.4, -0.2) is 42.3 Å². The van der Waals surface area contributed by atoms with Gasteiger partial charge in [0.2, 0.25) is 17.4 Å². The van der Waals surface area contributed by atoms with Crippen LogP contribution in [0.3, 0.4) is 0 Å². The maximum absolute atomic E-state index is 12.5. The van der Waals surface area contributed by atoms with Crippen molar-refractivity contribution in [2.45, 2.75) is 23.4 Å². The van der Waals surface area contributed by atoms with Crippen molar-refractivity contribution in [2.24, 2.45) is 5.73 Å². The van der Waals surface area contributed by atoms with Crippen molar-refractivity contribution in [3.05, 3.63) is 46.5 Å². The summed E-state index contributed by atoms with van der Waals surface area (Å²) in [7, 11) is 12.3. The Balaban J connectivity index is 2.36. The molecular formula is C13H11B3ClNO5S. The number of carbonyl (C=O) groups excluding carboxylic acids is 1. The van der Waals surface area contributed by atoms with Crippen molar-refractivity contribution in [1.29, 1.82) is 0 Å². The van der Waals surface area contributed by atoms with E-state index in [1.54, 1.807) is 0 Å². The van der Waals surface area contributed by atoms with Crippen molar-refractivity contribution < 1.29 is 22.1 Å². The van der Waals surface area contributed by atoms with Crippen LogP contribution in [0, 0.1) is 0 Å². The van der Waals surface area contributed by atoms with Gasteiger partial charge in [0.1, 0.15) is 7.85 Å². The minimum absolute atomic E-state index is 0.164. The van der Waals surface area contributed by atoms with E-state index in [-0.39, 0.29) is 12.0 Å². The molecule has 0 saturated heterocycles. The van der Waals surface area contributed by atoms with E-state index in [4.69, 9.17) is 49.8 Å². The summed E-state index contributed by atoms with van der Waals surface area (Å²) >= 11 is 5.78. The summed E-state index contributed by atoms with van der Waals surface area (Å²) in [6.45, 7) is 1.44. The average molecular weight is 361 g/mol. The first-order valence-corrected chi connectivity index (χ1v) is 8.53. The first-order chi connectivity index (χ1) is 10.9. The smallest absolute Gasteiger partial charge is 0.298 e. The Bertz CT molecular complexity index is 809. The zero-order chi connectivity index (χ0) is 18.3. The van der Waals surface area contributed by atoms with Crippen LogP contribution in [-0.2, 0) is 29.3 Å². The molecule has 1 aliphatic heterocycles. The van der Waals surface area contributed by atoms with Gasteiger partial charge < -0.3 is 14.7 Å². The van der Waals surface area contributed by atoms with E-state index < -0.39 is 37.6 Å². The number of carbonyl (C=O) groups is 1. The standard InChI is InChI=1S/C13H11B3ClNO5S/c1-2-12(14,15)24(20,21)23-9-10(19)13(16,22-11(9)18)7-3-5-8(17)6-4-7/h3-6H,2,18H2,1H3/t13-/m0/s1. The largest absolute Gasteiger partial charge is 0.467 e. The number of benzene rings is 1. The van der Waals surface area contributed by atoms with E-state index in [0.717, 1.165) is 0 Å². The molecule has 120 valence electrons. The number of halogens is 1. The highest BCUT2D eigenvalue weighted by Gasteiger charge is 2.49. The van der Waals surface area contributed by atoms with Crippen LogP contribution >= 0.6 is 11.6 Å². The van der Waals surface area contributed by atoms with E-state index in [2.05, 4.69) is 0 Å². The predicted molar refractivity (Wildman–Crippen MR) is 90.7 cm³/mol. The minimum Gasteiger partial charge on any atom is -0.467 e. The molecule has 0 aliphatic carbocycles.